The summed E-state index contributed by atoms with van der Waals surface area (Å²) >= 11 is 17.8. The van der Waals surface area contributed by atoms with Gasteiger partial charge in [-0.15, -0.1) is 0 Å². The fourth-order valence-corrected chi connectivity index (χ4v) is 3.99. The summed E-state index contributed by atoms with van der Waals surface area (Å²) in [5, 5.41) is 9.96. The van der Waals surface area contributed by atoms with E-state index in [1.807, 2.05) is 0 Å². The minimum Gasteiger partial charge on any atom is -0.477 e. The molecule has 0 saturated carbocycles. The van der Waals surface area contributed by atoms with Gasteiger partial charge in [0.05, 0.1) is 21.3 Å². The molecule has 3 rings (SSSR count). The minimum absolute atomic E-state index is 0.0311. The first-order valence-corrected chi connectivity index (χ1v) is 10.4. The van der Waals surface area contributed by atoms with Crippen LogP contribution in [0.25, 0.3) is 11.3 Å². The number of nitrogens with zero attached hydrogens (tertiary/aromatic N) is 1. The van der Waals surface area contributed by atoms with Crippen LogP contribution in [-0.4, -0.2) is 15.6 Å². The van der Waals surface area contributed by atoms with Gasteiger partial charge in [0, 0.05) is 35.3 Å². The maximum atomic E-state index is 13.6. The van der Waals surface area contributed by atoms with E-state index in [0.29, 0.717) is 5.56 Å². The molecule has 1 aromatic heterocycles. The molecule has 0 amide bonds. The summed E-state index contributed by atoms with van der Waals surface area (Å²) in [5.41, 5.74) is -1.85. The summed E-state index contributed by atoms with van der Waals surface area (Å²) in [7, 11) is 0. The normalized spacial score (nSPS) is 11.6. The topological polar surface area (TPSA) is 59.3 Å². The van der Waals surface area contributed by atoms with Gasteiger partial charge < -0.3 is 9.67 Å². The quantitative estimate of drug-likeness (QED) is 0.415. The van der Waals surface area contributed by atoms with E-state index < -0.39 is 28.7 Å². The molecule has 168 valence electrons. The number of pyridine rings is 1. The highest BCUT2D eigenvalue weighted by atomic mass is 35.5. The molecule has 0 radical (unpaired) electrons. The Bertz CT molecular complexity index is 1270. The molecule has 3 aromatic rings. The number of halogens is 6. The van der Waals surface area contributed by atoms with Crippen LogP contribution in [0, 0.1) is 0 Å². The van der Waals surface area contributed by atoms with Crippen molar-refractivity contribution >= 4 is 40.8 Å². The van der Waals surface area contributed by atoms with Gasteiger partial charge in [-0.25, -0.2) is 4.79 Å². The van der Waals surface area contributed by atoms with Crippen LogP contribution in [0.2, 0.25) is 15.1 Å². The van der Waals surface area contributed by atoms with Crippen molar-refractivity contribution in [3.8, 4) is 11.3 Å². The first kappa shape index (κ1) is 24.2. The van der Waals surface area contributed by atoms with Gasteiger partial charge in [0.2, 0.25) is 0 Å². The number of carboxylic acid groups (broad SMARTS) is 1. The van der Waals surface area contributed by atoms with Crippen LogP contribution >= 0.6 is 34.8 Å². The van der Waals surface area contributed by atoms with Gasteiger partial charge in [-0.3, -0.25) is 4.79 Å². The molecule has 10 heteroatoms. The summed E-state index contributed by atoms with van der Waals surface area (Å²) < 4.78 is 42.2. The highest BCUT2D eigenvalue weighted by Crippen LogP contribution is 2.36. The van der Waals surface area contributed by atoms with Gasteiger partial charge in [-0.2, -0.15) is 13.2 Å². The maximum absolute atomic E-state index is 13.6. The second kappa shape index (κ2) is 9.17. The molecule has 2 aromatic carbocycles. The zero-order valence-corrected chi connectivity index (χ0v) is 18.7. The summed E-state index contributed by atoms with van der Waals surface area (Å²) in [6.07, 6.45) is -4.94. The molecule has 0 unspecified atom stereocenters. The summed E-state index contributed by atoms with van der Waals surface area (Å²) in [6, 6.07) is 8.77. The Morgan fingerprint density at radius 1 is 1.03 bits per heavy atom. The molecular weight excluding hydrogens is 490 g/mol. The van der Waals surface area contributed by atoms with E-state index in [4.69, 9.17) is 34.8 Å². The van der Waals surface area contributed by atoms with Crippen molar-refractivity contribution in [3.05, 3.63) is 90.1 Å². The molecule has 0 aliphatic rings. The number of benzene rings is 2. The molecule has 4 nitrogen and oxygen atoms in total. The monoisotopic (exact) mass is 503 g/mol. The van der Waals surface area contributed by atoms with Crippen LogP contribution in [0.3, 0.4) is 0 Å². The lowest BCUT2D eigenvalue weighted by Crippen LogP contribution is -2.24. The molecule has 0 atom stereocenters. The molecule has 0 saturated heterocycles. The average molecular weight is 505 g/mol. The summed E-state index contributed by atoms with van der Waals surface area (Å²) in [5.74, 6) is -1.47. The van der Waals surface area contributed by atoms with Gasteiger partial charge in [0.15, 0.2) is 5.43 Å². The fourth-order valence-electron chi connectivity index (χ4n) is 3.52. The van der Waals surface area contributed by atoms with Crippen LogP contribution in [0.4, 0.5) is 13.2 Å². The number of hydrogen-bond donors (Lipinski definition) is 1. The molecule has 0 bridgehead atoms. The van der Waals surface area contributed by atoms with Crippen molar-refractivity contribution in [3.63, 3.8) is 0 Å². The van der Waals surface area contributed by atoms with E-state index in [1.54, 1.807) is 6.92 Å². The Hall–Kier alpha value is -2.48. The van der Waals surface area contributed by atoms with Crippen LogP contribution < -0.4 is 5.43 Å². The molecule has 1 heterocycles. The first-order chi connectivity index (χ1) is 14.9. The number of rotatable bonds is 5. The predicted octanol–water partition coefficient (Wildman–Crippen LogP) is 6.80. The van der Waals surface area contributed by atoms with Gasteiger partial charge in [-0.1, -0.05) is 46.9 Å². The van der Waals surface area contributed by atoms with E-state index >= 15 is 0 Å². The molecule has 32 heavy (non-hydrogen) atoms. The number of aromatic nitrogens is 1. The van der Waals surface area contributed by atoms with E-state index in [0.717, 1.165) is 12.1 Å². The van der Waals surface area contributed by atoms with Crippen LogP contribution in [0.1, 0.15) is 34.1 Å². The Kier molecular flexibility index (Phi) is 6.93. The maximum Gasteiger partial charge on any atom is 0.416 e. The number of hydrogen-bond acceptors (Lipinski definition) is 2. The lowest BCUT2D eigenvalue weighted by molar-refractivity contribution is -0.138. The number of carbonyl (C=O) groups is 1. The zero-order valence-electron chi connectivity index (χ0n) is 16.4. The molecule has 0 aliphatic heterocycles. The van der Waals surface area contributed by atoms with Crippen molar-refractivity contribution in [2.75, 3.05) is 0 Å². The third kappa shape index (κ3) is 4.80. The fraction of sp³-hybridized carbons (Fsp3) is 0.182. The minimum atomic E-state index is -4.66. The molecule has 0 fully saturated rings. The van der Waals surface area contributed by atoms with Gasteiger partial charge >= 0.3 is 12.1 Å². The van der Waals surface area contributed by atoms with Gasteiger partial charge in [-0.05, 0) is 36.8 Å². The van der Waals surface area contributed by atoms with E-state index in [1.165, 1.54) is 34.9 Å². The molecule has 1 N–H and O–H groups in total. The Morgan fingerprint density at radius 3 is 2.28 bits per heavy atom. The highest BCUT2D eigenvalue weighted by Gasteiger charge is 2.34. The van der Waals surface area contributed by atoms with E-state index in [2.05, 4.69) is 0 Å². The standard InChI is InChI=1S/C22H15Cl3F3NO3/c1-2-29-14(7-11-3-5-13(23)9-15(11)22(26,27)28)10-18(30)19(21(31)32)20(29)12-4-6-16(24)17(25)8-12/h3-6,8-10H,2,7H2,1H3,(H,31,32). The Morgan fingerprint density at radius 2 is 1.72 bits per heavy atom. The lowest BCUT2D eigenvalue weighted by Gasteiger charge is -2.21. The molecule has 0 spiro atoms. The van der Waals surface area contributed by atoms with Gasteiger partial charge in [0.25, 0.3) is 0 Å². The lowest BCUT2D eigenvalue weighted by atomic mass is 9.98. The van der Waals surface area contributed by atoms with Crippen LogP contribution in [0.5, 0.6) is 0 Å². The largest absolute Gasteiger partial charge is 0.477 e. The Labute approximate surface area is 195 Å². The van der Waals surface area contributed by atoms with Crippen molar-refractivity contribution in [2.24, 2.45) is 0 Å². The SMILES string of the molecule is CCn1c(Cc2ccc(Cl)cc2C(F)(F)F)cc(=O)c(C(=O)O)c1-c1ccc(Cl)c(Cl)c1. The predicted molar refractivity (Wildman–Crippen MR) is 118 cm³/mol. The van der Waals surface area contributed by atoms with E-state index in [9.17, 15) is 27.9 Å². The van der Waals surface area contributed by atoms with Crippen molar-refractivity contribution in [1.29, 1.82) is 0 Å². The second-order valence-corrected chi connectivity index (χ2v) is 8.13. The summed E-state index contributed by atoms with van der Waals surface area (Å²) in [4.78, 5) is 24.6. The van der Waals surface area contributed by atoms with Crippen molar-refractivity contribution in [2.45, 2.75) is 26.1 Å². The Balaban J connectivity index is 2.30. The van der Waals surface area contributed by atoms with Crippen LogP contribution in [0.15, 0.2) is 47.3 Å². The first-order valence-electron chi connectivity index (χ1n) is 9.25. The number of alkyl halides is 3. The number of aromatic carboxylic acids is 1. The third-order valence-electron chi connectivity index (χ3n) is 4.87. The molecular formula is C22H15Cl3F3NO3. The van der Waals surface area contributed by atoms with Crippen molar-refractivity contribution in [1.82, 2.24) is 4.57 Å². The van der Waals surface area contributed by atoms with Crippen molar-refractivity contribution < 1.29 is 23.1 Å². The van der Waals surface area contributed by atoms with Gasteiger partial charge in [0.1, 0.15) is 5.56 Å². The van der Waals surface area contributed by atoms with E-state index in [-0.39, 0.29) is 45.0 Å². The smallest absolute Gasteiger partial charge is 0.416 e. The highest BCUT2D eigenvalue weighted by molar-refractivity contribution is 6.42. The second-order valence-electron chi connectivity index (χ2n) is 6.88. The summed E-state index contributed by atoms with van der Waals surface area (Å²) in [6.45, 7) is 1.87. The average Bonchev–Trinajstić information content (AvgIpc) is 2.69. The molecule has 0 aliphatic carbocycles. The van der Waals surface area contributed by atoms with Crippen LogP contribution in [-0.2, 0) is 19.1 Å². The third-order valence-corrected chi connectivity index (χ3v) is 5.84. The number of carboxylic acids is 1. The zero-order chi connectivity index (χ0) is 23.8.